The summed E-state index contributed by atoms with van der Waals surface area (Å²) >= 11 is 0. The van der Waals surface area contributed by atoms with Crippen molar-refractivity contribution in [2.75, 3.05) is 6.54 Å². The van der Waals surface area contributed by atoms with Gasteiger partial charge in [0.15, 0.2) is 0 Å². The van der Waals surface area contributed by atoms with Crippen molar-refractivity contribution >= 4 is 16.0 Å². The van der Waals surface area contributed by atoms with Gasteiger partial charge >= 0.3 is 5.97 Å². The normalized spacial score (nSPS) is 27.3. The Hall–Kier alpha value is -0.620. The average molecular weight is 263 g/mol. The minimum absolute atomic E-state index is 0.303. The third-order valence-electron chi connectivity index (χ3n) is 3.48. The maximum absolute atomic E-state index is 12.4. The third kappa shape index (κ3) is 2.08. The van der Waals surface area contributed by atoms with Gasteiger partial charge in [-0.3, -0.25) is 4.79 Å². The molecular weight excluding hydrogens is 242 g/mol. The largest absolute Gasteiger partial charge is 0.480 e. The maximum Gasteiger partial charge on any atom is 0.325 e. The minimum atomic E-state index is -3.59. The van der Waals surface area contributed by atoms with Crippen molar-refractivity contribution in [3.05, 3.63) is 0 Å². The molecule has 1 aliphatic heterocycles. The molecule has 1 fully saturated rings. The highest BCUT2D eigenvalue weighted by atomic mass is 32.2. The highest BCUT2D eigenvalue weighted by Gasteiger charge is 2.54. The Morgan fingerprint density at radius 1 is 1.41 bits per heavy atom. The van der Waals surface area contributed by atoms with Crippen molar-refractivity contribution in [1.29, 1.82) is 0 Å². The van der Waals surface area contributed by atoms with E-state index >= 15 is 0 Å². The molecule has 5 nitrogen and oxygen atoms in total. The van der Waals surface area contributed by atoms with Gasteiger partial charge in [-0.25, -0.2) is 8.42 Å². The van der Waals surface area contributed by atoms with Crippen LogP contribution in [0.25, 0.3) is 0 Å². The second kappa shape index (κ2) is 4.24. The first-order valence-corrected chi connectivity index (χ1v) is 7.29. The summed E-state index contributed by atoms with van der Waals surface area (Å²) in [7, 11) is -3.59. The summed E-state index contributed by atoms with van der Waals surface area (Å²) in [6.45, 7) is 6.83. The van der Waals surface area contributed by atoms with Gasteiger partial charge < -0.3 is 5.11 Å². The van der Waals surface area contributed by atoms with Crippen molar-refractivity contribution in [1.82, 2.24) is 4.31 Å². The van der Waals surface area contributed by atoms with E-state index in [1.807, 2.05) is 0 Å². The number of carboxylic acid groups (broad SMARTS) is 1. The molecule has 100 valence electrons. The number of nitrogens with zero attached hydrogens (tertiary/aromatic N) is 1. The van der Waals surface area contributed by atoms with Gasteiger partial charge in [-0.1, -0.05) is 6.92 Å². The quantitative estimate of drug-likeness (QED) is 0.836. The number of hydrogen-bond acceptors (Lipinski definition) is 3. The van der Waals surface area contributed by atoms with Gasteiger partial charge in [0.05, 0.1) is 4.75 Å². The fraction of sp³-hybridized carbons (Fsp3) is 0.909. The SMILES string of the molecule is CCC1(C(=O)O)CCCN1S(=O)(=O)C(C)(C)C. The van der Waals surface area contributed by atoms with Crippen molar-refractivity contribution < 1.29 is 18.3 Å². The molecule has 0 aromatic carbocycles. The molecular formula is C11H21NO4S. The molecule has 0 aromatic heterocycles. The van der Waals surface area contributed by atoms with E-state index in [0.717, 1.165) is 0 Å². The molecule has 0 amide bonds. The van der Waals surface area contributed by atoms with E-state index in [0.29, 0.717) is 25.8 Å². The van der Waals surface area contributed by atoms with Gasteiger partial charge in [0.25, 0.3) is 0 Å². The molecule has 0 aromatic rings. The summed E-state index contributed by atoms with van der Waals surface area (Å²) in [6.07, 6.45) is 1.31. The van der Waals surface area contributed by atoms with Crippen LogP contribution < -0.4 is 0 Å². The van der Waals surface area contributed by atoms with Crippen LogP contribution in [0.5, 0.6) is 0 Å². The molecule has 0 saturated carbocycles. The molecule has 1 heterocycles. The van der Waals surface area contributed by atoms with Gasteiger partial charge in [-0.05, 0) is 40.0 Å². The molecule has 1 N–H and O–H groups in total. The molecule has 1 atom stereocenters. The maximum atomic E-state index is 12.4. The van der Waals surface area contributed by atoms with Gasteiger partial charge in [-0.2, -0.15) is 4.31 Å². The lowest BCUT2D eigenvalue weighted by Gasteiger charge is -2.37. The first-order valence-electron chi connectivity index (χ1n) is 5.85. The molecule has 1 rings (SSSR count). The second-order valence-electron chi connectivity index (χ2n) is 5.48. The zero-order valence-electron chi connectivity index (χ0n) is 10.9. The minimum Gasteiger partial charge on any atom is -0.480 e. The molecule has 0 bridgehead atoms. The predicted octanol–water partition coefficient (Wildman–Crippen LogP) is 1.44. The highest BCUT2D eigenvalue weighted by Crippen LogP contribution is 2.38. The molecule has 1 saturated heterocycles. The Labute approximate surface area is 103 Å². The number of hydrogen-bond donors (Lipinski definition) is 1. The monoisotopic (exact) mass is 263 g/mol. The Morgan fingerprint density at radius 3 is 2.29 bits per heavy atom. The molecule has 0 radical (unpaired) electrons. The van der Waals surface area contributed by atoms with E-state index < -0.39 is 26.3 Å². The summed E-state index contributed by atoms with van der Waals surface area (Å²) < 4.78 is 25.0. The molecule has 1 unspecified atom stereocenters. The van der Waals surface area contributed by atoms with Crippen molar-refractivity contribution in [2.24, 2.45) is 0 Å². The number of carbonyl (C=O) groups is 1. The van der Waals surface area contributed by atoms with Crippen LogP contribution in [0.3, 0.4) is 0 Å². The van der Waals surface area contributed by atoms with Crippen LogP contribution >= 0.6 is 0 Å². The van der Waals surface area contributed by atoms with Crippen LogP contribution in [0.15, 0.2) is 0 Å². The van der Waals surface area contributed by atoms with E-state index in [1.165, 1.54) is 4.31 Å². The molecule has 0 spiro atoms. The predicted molar refractivity (Wildman–Crippen MR) is 65.3 cm³/mol. The Balaban J connectivity index is 3.27. The van der Waals surface area contributed by atoms with Crippen molar-refractivity contribution in [3.8, 4) is 0 Å². The van der Waals surface area contributed by atoms with E-state index in [4.69, 9.17) is 0 Å². The number of sulfonamides is 1. The molecule has 0 aliphatic carbocycles. The lowest BCUT2D eigenvalue weighted by molar-refractivity contribution is -0.147. The average Bonchev–Trinajstić information content (AvgIpc) is 2.60. The van der Waals surface area contributed by atoms with E-state index in [9.17, 15) is 18.3 Å². The summed E-state index contributed by atoms with van der Waals surface area (Å²) in [6, 6.07) is 0. The Morgan fingerprint density at radius 2 is 1.94 bits per heavy atom. The molecule has 6 heteroatoms. The van der Waals surface area contributed by atoms with Crippen LogP contribution in [-0.4, -0.2) is 40.6 Å². The lowest BCUT2D eigenvalue weighted by atomic mass is 9.95. The van der Waals surface area contributed by atoms with Crippen LogP contribution in [-0.2, 0) is 14.8 Å². The topological polar surface area (TPSA) is 74.7 Å². The number of aliphatic carboxylic acids is 1. The summed E-state index contributed by atoms with van der Waals surface area (Å²) in [5.74, 6) is -1.04. The van der Waals surface area contributed by atoms with Crippen LogP contribution in [0, 0.1) is 0 Å². The smallest absolute Gasteiger partial charge is 0.325 e. The Bertz CT molecular complexity index is 410. The van der Waals surface area contributed by atoms with Crippen molar-refractivity contribution in [2.45, 2.75) is 57.2 Å². The van der Waals surface area contributed by atoms with Gasteiger partial charge in [0.1, 0.15) is 5.54 Å². The fourth-order valence-electron chi connectivity index (χ4n) is 2.25. The standard InChI is InChI=1S/C11H21NO4S/c1-5-11(9(13)14)7-6-8-12(11)17(15,16)10(2,3)4/h5-8H2,1-4H3,(H,13,14). The zero-order valence-corrected chi connectivity index (χ0v) is 11.7. The summed E-state index contributed by atoms with van der Waals surface area (Å²) in [5.41, 5.74) is -1.24. The Kier molecular flexibility index (Phi) is 3.60. The van der Waals surface area contributed by atoms with Crippen LogP contribution in [0.2, 0.25) is 0 Å². The van der Waals surface area contributed by atoms with E-state index in [1.54, 1.807) is 27.7 Å². The summed E-state index contributed by atoms with van der Waals surface area (Å²) in [5, 5.41) is 9.36. The van der Waals surface area contributed by atoms with Gasteiger partial charge in [0, 0.05) is 6.54 Å². The number of rotatable bonds is 3. The first-order chi connectivity index (χ1) is 7.59. The van der Waals surface area contributed by atoms with Crippen molar-refractivity contribution in [3.63, 3.8) is 0 Å². The number of carboxylic acids is 1. The summed E-state index contributed by atoms with van der Waals surface area (Å²) in [4.78, 5) is 11.4. The van der Waals surface area contributed by atoms with E-state index in [-0.39, 0.29) is 0 Å². The second-order valence-corrected chi connectivity index (χ2v) is 8.10. The third-order valence-corrected chi connectivity index (χ3v) is 6.14. The molecule has 1 aliphatic rings. The highest BCUT2D eigenvalue weighted by molar-refractivity contribution is 7.90. The lowest BCUT2D eigenvalue weighted by Crippen LogP contribution is -2.56. The van der Waals surface area contributed by atoms with E-state index in [2.05, 4.69) is 0 Å². The zero-order chi connectivity index (χ0) is 13.5. The van der Waals surface area contributed by atoms with Gasteiger partial charge in [0.2, 0.25) is 10.0 Å². The first kappa shape index (κ1) is 14.4. The molecule has 17 heavy (non-hydrogen) atoms. The van der Waals surface area contributed by atoms with Crippen LogP contribution in [0.4, 0.5) is 0 Å². The van der Waals surface area contributed by atoms with Gasteiger partial charge in [-0.15, -0.1) is 0 Å². The van der Waals surface area contributed by atoms with Crippen LogP contribution in [0.1, 0.15) is 47.0 Å². The fourth-order valence-corrected chi connectivity index (χ4v) is 4.04.